The quantitative estimate of drug-likeness (QED) is 0.673. The summed E-state index contributed by atoms with van der Waals surface area (Å²) in [5.74, 6) is 0. The Kier molecular flexibility index (Phi) is 2.13. The Bertz CT molecular complexity index is 573. The van der Waals surface area contributed by atoms with Crippen molar-refractivity contribution in [2.45, 2.75) is 33.2 Å². The Balaban J connectivity index is 2.43. The summed E-state index contributed by atoms with van der Waals surface area (Å²) in [6.45, 7) is 5.47. The first-order chi connectivity index (χ1) is 7.81. The van der Waals surface area contributed by atoms with E-state index in [4.69, 9.17) is 0 Å². The molecule has 2 aromatic rings. The van der Waals surface area contributed by atoms with Gasteiger partial charge in [0, 0.05) is 28.7 Å². The highest BCUT2D eigenvalue weighted by atomic mass is 15.0. The summed E-state index contributed by atoms with van der Waals surface area (Å²) in [5.41, 5.74) is 5.71. The zero-order valence-electron chi connectivity index (χ0n) is 9.96. The van der Waals surface area contributed by atoms with Gasteiger partial charge in [0.1, 0.15) is 0 Å². The van der Waals surface area contributed by atoms with E-state index in [1.54, 1.807) is 0 Å². The Morgan fingerprint density at radius 1 is 1.31 bits per heavy atom. The van der Waals surface area contributed by atoms with Crippen molar-refractivity contribution in [3.63, 3.8) is 0 Å². The van der Waals surface area contributed by atoms with Crippen molar-refractivity contribution in [2.24, 2.45) is 0 Å². The zero-order valence-corrected chi connectivity index (χ0v) is 9.96. The van der Waals surface area contributed by atoms with Crippen molar-refractivity contribution in [3.05, 3.63) is 41.1 Å². The molecule has 0 N–H and O–H groups in total. The smallest absolute Gasteiger partial charge is 0.0488 e. The Morgan fingerprint density at radius 2 is 2.19 bits per heavy atom. The first-order valence-corrected chi connectivity index (χ1v) is 6.09. The molecule has 1 heterocycles. The fourth-order valence-electron chi connectivity index (χ4n) is 2.79. The second-order valence-corrected chi connectivity index (χ2v) is 4.57. The summed E-state index contributed by atoms with van der Waals surface area (Å²) >= 11 is 0. The summed E-state index contributed by atoms with van der Waals surface area (Å²) in [4.78, 5) is 0. The summed E-state index contributed by atoms with van der Waals surface area (Å²) in [7, 11) is 0. The molecule has 1 heteroatoms. The molecule has 0 fully saturated rings. The fraction of sp³-hybridized carbons (Fsp3) is 0.333. The lowest BCUT2D eigenvalue weighted by Crippen LogP contribution is -2.02. The first-order valence-electron chi connectivity index (χ1n) is 6.09. The molecule has 1 nitrogen and oxygen atoms in total. The van der Waals surface area contributed by atoms with Crippen LogP contribution in [-0.2, 0) is 13.0 Å². The highest BCUT2D eigenvalue weighted by Crippen LogP contribution is 2.31. The van der Waals surface area contributed by atoms with E-state index in [9.17, 15) is 0 Å². The van der Waals surface area contributed by atoms with Crippen LogP contribution in [0.5, 0.6) is 0 Å². The van der Waals surface area contributed by atoms with Crippen LogP contribution < -0.4 is 0 Å². The van der Waals surface area contributed by atoms with Gasteiger partial charge in [-0.15, -0.1) is 0 Å². The van der Waals surface area contributed by atoms with Gasteiger partial charge in [-0.25, -0.2) is 0 Å². The summed E-state index contributed by atoms with van der Waals surface area (Å²) in [6, 6.07) is 6.79. The second-order valence-electron chi connectivity index (χ2n) is 4.57. The van der Waals surface area contributed by atoms with Gasteiger partial charge in [0.25, 0.3) is 0 Å². The number of hydrogen-bond donors (Lipinski definition) is 0. The number of aromatic nitrogens is 1. The van der Waals surface area contributed by atoms with Gasteiger partial charge in [-0.05, 0) is 38.8 Å². The number of benzene rings is 1. The van der Waals surface area contributed by atoms with Crippen molar-refractivity contribution >= 4 is 17.0 Å². The van der Waals surface area contributed by atoms with Crippen LogP contribution in [0.4, 0.5) is 0 Å². The van der Waals surface area contributed by atoms with Crippen molar-refractivity contribution < 1.29 is 0 Å². The third kappa shape index (κ3) is 1.24. The number of hydrogen-bond acceptors (Lipinski definition) is 0. The van der Waals surface area contributed by atoms with E-state index in [0.29, 0.717) is 0 Å². The van der Waals surface area contributed by atoms with Gasteiger partial charge in [-0.2, -0.15) is 0 Å². The van der Waals surface area contributed by atoms with Crippen LogP contribution in [0.15, 0.2) is 24.3 Å². The number of allylic oxidation sites excluding steroid dienone is 1. The molecule has 0 radical (unpaired) electrons. The van der Waals surface area contributed by atoms with Crippen LogP contribution >= 0.6 is 0 Å². The maximum Gasteiger partial charge on any atom is 0.0488 e. The number of nitrogens with zero attached hydrogens (tertiary/aromatic N) is 1. The number of rotatable bonds is 1. The van der Waals surface area contributed by atoms with Gasteiger partial charge in [-0.1, -0.05) is 23.8 Å². The summed E-state index contributed by atoms with van der Waals surface area (Å²) in [5, 5.41) is 1.42. The molecule has 1 aromatic heterocycles. The minimum absolute atomic E-state index is 1.07. The van der Waals surface area contributed by atoms with Crippen LogP contribution in [-0.4, -0.2) is 4.57 Å². The molecule has 0 aliphatic heterocycles. The third-order valence-corrected chi connectivity index (χ3v) is 3.52. The molecule has 0 bridgehead atoms. The first kappa shape index (κ1) is 9.71. The topological polar surface area (TPSA) is 4.93 Å². The number of aryl methyl sites for hydroxylation is 2. The molecule has 0 saturated heterocycles. The Labute approximate surface area is 96.4 Å². The van der Waals surface area contributed by atoms with Crippen molar-refractivity contribution in [2.75, 3.05) is 0 Å². The van der Waals surface area contributed by atoms with E-state index < -0.39 is 0 Å². The molecule has 1 aliphatic rings. The van der Waals surface area contributed by atoms with Gasteiger partial charge in [0.2, 0.25) is 0 Å². The van der Waals surface area contributed by atoms with Gasteiger partial charge in [0.15, 0.2) is 0 Å². The fourth-order valence-corrected chi connectivity index (χ4v) is 2.79. The van der Waals surface area contributed by atoms with Crippen LogP contribution in [0.1, 0.15) is 30.2 Å². The Morgan fingerprint density at radius 3 is 3.00 bits per heavy atom. The molecular formula is C15H17N. The van der Waals surface area contributed by atoms with Crippen LogP contribution in [0, 0.1) is 6.92 Å². The standard InChI is InChI=1S/C15H17N/c1-3-16-14-7-5-4-6-12(14)13-10-11(2)8-9-15(13)16/h4,6,8-10H,3,5,7H2,1-2H3. The molecule has 0 unspecified atom stereocenters. The lowest BCUT2D eigenvalue weighted by atomic mass is 10.0. The van der Waals surface area contributed by atoms with Crippen LogP contribution in [0.3, 0.4) is 0 Å². The normalized spacial score (nSPS) is 14.4. The van der Waals surface area contributed by atoms with E-state index in [1.165, 1.54) is 40.6 Å². The maximum atomic E-state index is 2.47. The van der Waals surface area contributed by atoms with Gasteiger partial charge < -0.3 is 4.57 Å². The molecule has 0 saturated carbocycles. The van der Waals surface area contributed by atoms with E-state index in [2.05, 4.69) is 48.8 Å². The van der Waals surface area contributed by atoms with E-state index in [1.807, 2.05) is 0 Å². The lowest BCUT2D eigenvalue weighted by molar-refractivity contribution is 0.729. The van der Waals surface area contributed by atoms with E-state index >= 15 is 0 Å². The monoisotopic (exact) mass is 211 g/mol. The van der Waals surface area contributed by atoms with Crippen molar-refractivity contribution in [3.8, 4) is 0 Å². The third-order valence-electron chi connectivity index (χ3n) is 3.52. The highest BCUT2D eigenvalue weighted by Gasteiger charge is 2.15. The van der Waals surface area contributed by atoms with E-state index in [-0.39, 0.29) is 0 Å². The predicted octanol–water partition coefficient (Wildman–Crippen LogP) is 3.93. The molecule has 0 atom stereocenters. The summed E-state index contributed by atoms with van der Waals surface area (Å²) < 4.78 is 2.47. The molecule has 0 amide bonds. The molecule has 16 heavy (non-hydrogen) atoms. The van der Waals surface area contributed by atoms with Crippen molar-refractivity contribution in [1.29, 1.82) is 0 Å². The van der Waals surface area contributed by atoms with Crippen LogP contribution in [0.25, 0.3) is 17.0 Å². The average Bonchev–Trinajstić information content (AvgIpc) is 2.62. The van der Waals surface area contributed by atoms with Gasteiger partial charge in [0.05, 0.1) is 0 Å². The molecule has 0 spiro atoms. The average molecular weight is 211 g/mol. The minimum Gasteiger partial charge on any atom is -0.344 e. The van der Waals surface area contributed by atoms with E-state index in [0.717, 1.165) is 6.54 Å². The predicted molar refractivity (Wildman–Crippen MR) is 69.7 cm³/mol. The molecular weight excluding hydrogens is 194 g/mol. The van der Waals surface area contributed by atoms with Gasteiger partial charge in [-0.3, -0.25) is 0 Å². The maximum absolute atomic E-state index is 2.47. The van der Waals surface area contributed by atoms with Gasteiger partial charge >= 0.3 is 0 Å². The second kappa shape index (κ2) is 3.51. The summed E-state index contributed by atoms with van der Waals surface area (Å²) in [6.07, 6.45) is 6.96. The minimum atomic E-state index is 1.07. The largest absolute Gasteiger partial charge is 0.344 e. The van der Waals surface area contributed by atoms with Crippen LogP contribution in [0.2, 0.25) is 0 Å². The number of fused-ring (bicyclic) bond motifs is 3. The Hall–Kier alpha value is -1.50. The molecule has 3 rings (SSSR count). The molecule has 1 aliphatic carbocycles. The zero-order chi connectivity index (χ0) is 11.1. The molecule has 82 valence electrons. The highest BCUT2D eigenvalue weighted by molar-refractivity contribution is 5.92. The lowest BCUT2D eigenvalue weighted by Gasteiger charge is -2.10. The van der Waals surface area contributed by atoms with Crippen molar-refractivity contribution in [1.82, 2.24) is 4.57 Å². The SMILES string of the molecule is CCn1c2c(c3cc(C)ccc31)C=CCC2. The molecule has 1 aromatic carbocycles.